The van der Waals surface area contributed by atoms with E-state index in [0.717, 1.165) is 63.1 Å². The second kappa shape index (κ2) is 19.4. The number of fused-ring (bicyclic) bond motifs is 1. The number of likely N-dealkylation sites (tertiary alicyclic amines) is 1. The van der Waals surface area contributed by atoms with E-state index in [1.54, 1.807) is 40.3 Å². The minimum Gasteiger partial charge on any atom is -0.338 e. The van der Waals surface area contributed by atoms with Crippen LogP contribution in [0.4, 0.5) is 10.1 Å². The number of benzene rings is 3. The topological polar surface area (TPSA) is 155 Å². The lowest BCUT2D eigenvalue weighted by Gasteiger charge is -2.40. The molecule has 5 heterocycles. The molecule has 0 radical (unpaired) electrons. The van der Waals surface area contributed by atoms with Crippen molar-refractivity contribution in [3.8, 4) is 11.1 Å². The van der Waals surface area contributed by atoms with Gasteiger partial charge in [-0.1, -0.05) is 55.5 Å². The molecule has 0 aliphatic carbocycles. The fraction of sp³-hybridized carbons (Fsp3) is 0.396. The summed E-state index contributed by atoms with van der Waals surface area (Å²) in [6.07, 6.45) is 4.67. The maximum absolute atomic E-state index is 15.0. The van der Waals surface area contributed by atoms with Gasteiger partial charge in [-0.05, 0) is 66.1 Å². The van der Waals surface area contributed by atoms with E-state index in [2.05, 4.69) is 49.4 Å². The second-order valence-corrected chi connectivity index (χ2v) is 16.9. The summed E-state index contributed by atoms with van der Waals surface area (Å²) in [5.74, 6) is -0.986. The molecule has 3 saturated heterocycles. The number of amides is 4. The lowest BCUT2D eigenvalue weighted by atomic mass is 9.95. The van der Waals surface area contributed by atoms with Crippen molar-refractivity contribution in [3.05, 3.63) is 123 Å². The smallest absolute Gasteiger partial charge is 0.274 e. The highest BCUT2D eigenvalue weighted by molar-refractivity contribution is 6.02. The van der Waals surface area contributed by atoms with Crippen molar-refractivity contribution in [3.63, 3.8) is 0 Å². The molecule has 15 heteroatoms. The van der Waals surface area contributed by atoms with Crippen molar-refractivity contribution in [1.82, 2.24) is 39.7 Å². The van der Waals surface area contributed by atoms with Gasteiger partial charge in [0.25, 0.3) is 17.4 Å². The Hall–Kier alpha value is -6.32. The van der Waals surface area contributed by atoms with Crippen molar-refractivity contribution < 1.29 is 23.6 Å². The number of aromatic amines is 1. The first-order valence-electron chi connectivity index (χ1n) is 22.0. The molecule has 0 atom stereocenters. The Balaban J connectivity index is 0.771. The zero-order chi connectivity index (χ0) is 44.0. The molecule has 0 saturated carbocycles. The van der Waals surface area contributed by atoms with E-state index in [9.17, 15) is 24.0 Å². The number of anilines is 1. The van der Waals surface area contributed by atoms with Gasteiger partial charge in [0.15, 0.2) is 5.69 Å². The van der Waals surface area contributed by atoms with Crippen LogP contribution in [0.1, 0.15) is 64.4 Å². The average Bonchev–Trinajstić information content (AvgIpc) is 3.31. The number of carbonyl (C=O) groups is 4. The summed E-state index contributed by atoms with van der Waals surface area (Å²) in [7, 11) is 0. The number of halogens is 1. The summed E-state index contributed by atoms with van der Waals surface area (Å²) in [6, 6.07) is 21.6. The van der Waals surface area contributed by atoms with Gasteiger partial charge in [-0.2, -0.15) is 5.10 Å². The Morgan fingerprint density at radius 2 is 1.44 bits per heavy atom. The van der Waals surface area contributed by atoms with Gasteiger partial charge in [0.2, 0.25) is 11.8 Å². The largest absolute Gasteiger partial charge is 0.338 e. The lowest BCUT2D eigenvalue weighted by molar-refractivity contribution is -0.134. The molecule has 2 N–H and O–H groups in total. The molecule has 328 valence electrons. The standard InChI is InChI=1S/C48H54FN9O5/c1-3-33-7-6-8-36(25-33)37-28-43(51-32(2)59)45(50-29-37)48(63)57-15-13-34(14-16-57)30-54-17-19-55(20-18-54)31-44(60)56-21-23-58(24-22-56)47(62)40-26-35(11-12-41(40)49)27-42-38-9-4-5-10-39(38)46(61)53-52-42/h4-12,25-26,28-29,34H,3,13-24,27,30-31H2,1-2H3,(H,51,59)(H,53,61). The highest BCUT2D eigenvalue weighted by atomic mass is 19.1. The van der Waals surface area contributed by atoms with Crippen molar-refractivity contribution >= 4 is 40.1 Å². The van der Waals surface area contributed by atoms with Crippen LogP contribution in [0.3, 0.4) is 0 Å². The summed E-state index contributed by atoms with van der Waals surface area (Å²) < 4.78 is 15.0. The number of piperidine rings is 1. The van der Waals surface area contributed by atoms with Crippen molar-refractivity contribution in [2.45, 2.75) is 39.5 Å². The van der Waals surface area contributed by atoms with Crippen LogP contribution in [-0.4, -0.2) is 142 Å². The number of aromatic nitrogens is 3. The molecule has 3 aliphatic heterocycles. The molecule has 3 aromatic carbocycles. The zero-order valence-electron chi connectivity index (χ0n) is 35.9. The molecule has 3 fully saturated rings. The normalized spacial score (nSPS) is 16.7. The molecular formula is C48H54FN9O5. The Bertz CT molecular complexity index is 2560. The fourth-order valence-corrected chi connectivity index (χ4v) is 8.98. The molecule has 0 unspecified atom stereocenters. The first kappa shape index (κ1) is 43.3. The van der Waals surface area contributed by atoms with Crippen LogP contribution < -0.4 is 10.9 Å². The Morgan fingerprint density at radius 3 is 2.17 bits per heavy atom. The number of piperazine rings is 2. The molecule has 5 aromatic rings. The van der Waals surface area contributed by atoms with Gasteiger partial charge in [-0.3, -0.25) is 28.9 Å². The van der Waals surface area contributed by atoms with Crippen LogP contribution in [0, 0.1) is 11.7 Å². The highest BCUT2D eigenvalue weighted by Crippen LogP contribution is 2.28. The van der Waals surface area contributed by atoms with Gasteiger partial charge in [0.05, 0.1) is 28.9 Å². The van der Waals surface area contributed by atoms with Gasteiger partial charge in [-0.15, -0.1) is 0 Å². The summed E-state index contributed by atoms with van der Waals surface area (Å²) in [5.41, 5.74) is 4.71. The number of rotatable bonds is 11. The maximum Gasteiger partial charge on any atom is 0.274 e. The number of H-pyrrole nitrogens is 1. The number of nitrogens with one attached hydrogen (secondary N) is 2. The van der Waals surface area contributed by atoms with E-state index in [4.69, 9.17) is 0 Å². The van der Waals surface area contributed by atoms with Gasteiger partial charge in [0, 0.05) is 102 Å². The van der Waals surface area contributed by atoms with Crippen LogP contribution in [0.25, 0.3) is 21.9 Å². The summed E-state index contributed by atoms with van der Waals surface area (Å²) in [5, 5.41) is 10.8. The molecule has 4 amide bonds. The van der Waals surface area contributed by atoms with Crippen LogP contribution in [-0.2, 0) is 22.4 Å². The molecule has 8 rings (SSSR count). The minimum absolute atomic E-state index is 0.0251. The van der Waals surface area contributed by atoms with E-state index in [-0.39, 0.29) is 34.5 Å². The van der Waals surface area contributed by atoms with Crippen molar-refractivity contribution in [2.75, 3.05) is 83.9 Å². The fourth-order valence-electron chi connectivity index (χ4n) is 8.98. The minimum atomic E-state index is -0.608. The molecule has 63 heavy (non-hydrogen) atoms. The Labute approximate surface area is 366 Å². The van der Waals surface area contributed by atoms with Gasteiger partial charge < -0.3 is 24.9 Å². The number of hydrogen-bond donors (Lipinski definition) is 2. The monoisotopic (exact) mass is 855 g/mol. The number of pyridine rings is 1. The number of carbonyl (C=O) groups excluding carboxylic acids is 4. The summed E-state index contributed by atoms with van der Waals surface area (Å²) in [4.78, 5) is 79.5. The van der Waals surface area contributed by atoms with Crippen LogP contribution >= 0.6 is 0 Å². The average molecular weight is 856 g/mol. The third kappa shape index (κ3) is 10.2. The molecular weight excluding hydrogens is 802 g/mol. The zero-order valence-corrected chi connectivity index (χ0v) is 35.9. The highest BCUT2D eigenvalue weighted by Gasteiger charge is 2.31. The lowest BCUT2D eigenvalue weighted by Crippen LogP contribution is -2.55. The van der Waals surface area contributed by atoms with E-state index in [1.165, 1.54) is 18.6 Å². The van der Waals surface area contributed by atoms with Gasteiger partial charge in [0.1, 0.15) is 5.82 Å². The first-order chi connectivity index (χ1) is 30.5. The van der Waals surface area contributed by atoms with Crippen LogP contribution in [0.5, 0.6) is 0 Å². The molecule has 0 bridgehead atoms. The quantitative estimate of drug-likeness (QED) is 0.193. The molecule has 3 aliphatic rings. The Kier molecular flexibility index (Phi) is 13.3. The van der Waals surface area contributed by atoms with Gasteiger partial charge >= 0.3 is 0 Å². The third-order valence-corrected chi connectivity index (χ3v) is 12.6. The number of hydrogen-bond acceptors (Lipinski definition) is 9. The van der Waals surface area contributed by atoms with Crippen LogP contribution in [0.2, 0.25) is 0 Å². The Morgan fingerprint density at radius 1 is 0.746 bits per heavy atom. The maximum atomic E-state index is 15.0. The second-order valence-electron chi connectivity index (χ2n) is 16.9. The van der Waals surface area contributed by atoms with E-state index in [0.29, 0.717) is 85.9 Å². The number of nitrogens with zero attached hydrogens (tertiary/aromatic N) is 7. The molecule has 2 aromatic heterocycles. The van der Waals surface area contributed by atoms with Crippen molar-refractivity contribution in [2.24, 2.45) is 5.92 Å². The predicted molar refractivity (Wildman–Crippen MR) is 239 cm³/mol. The summed E-state index contributed by atoms with van der Waals surface area (Å²) in [6.45, 7) is 10.7. The predicted octanol–water partition coefficient (Wildman–Crippen LogP) is 4.69. The van der Waals surface area contributed by atoms with E-state index in [1.807, 2.05) is 35.2 Å². The number of aryl methyl sites for hydroxylation is 1. The molecule has 14 nitrogen and oxygen atoms in total. The van der Waals surface area contributed by atoms with E-state index >= 15 is 4.39 Å². The van der Waals surface area contributed by atoms with Gasteiger partial charge in [-0.25, -0.2) is 14.5 Å². The third-order valence-electron chi connectivity index (χ3n) is 12.6. The summed E-state index contributed by atoms with van der Waals surface area (Å²) >= 11 is 0. The van der Waals surface area contributed by atoms with E-state index < -0.39 is 11.7 Å². The van der Waals surface area contributed by atoms with Crippen LogP contribution in [0.15, 0.2) is 83.8 Å². The SMILES string of the molecule is CCc1cccc(-c2cnc(C(=O)N3CCC(CN4CCN(CC(=O)N5CCN(C(=O)c6cc(Cc7n[nH]c(=O)c8ccccc78)ccc6F)CC5)CC4)CC3)c(NC(C)=O)c2)c1. The first-order valence-corrected chi connectivity index (χ1v) is 22.0. The molecule has 0 spiro atoms. The van der Waals surface area contributed by atoms with Crippen molar-refractivity contribution in [1.29, 1.82) is 0 Å².